The van der Waals surface area contributed by atoms with Crippen LogP contribution in [0.4, 0.5) is 5.69 Å². The number of hydrogen-bond donors (Lipinski definition) is 2. The summed E-state index contributed by atoms with van der Waals surface area (Å²) < 4.78 is 1.53. The fourth-order valence-electron chi connectivity index (χ4n) is 2.54. The first-order valence-corrected chi connectivity index (χ1v) is 8.09. The molecule has 0 aliphatic rings. The van der Waals surface area contributed by atoms with Crippen LogP contribution in [0.15, 0.2) is 53.6 Å². The highest BCUT2D eigenvalue weighted by molar-refractivity contribution is 6.30. The molecule has 1 heterocycles. The van der Waals surface area contributed by atoms with Gasteiger partial charge in [0.15, 0.2) is 0 Å². The average Bonchev–Trinajstić information content (AvgIpc) is 2.61. The Kier molecular flexibility index (Phi) is 5.11. The van der Waals surface area contributed by atoms with Gasteiger partial charge in [0.2, 0.25) is 5.91 Å². The largest absolute Gasteiger partial charge is 0.387 e. The van der Waals surface area contributed by atoms with E-state index in [4.69, 9.17) is 16.7 Å². The van der Waals surface area contributed by atoms with Gasteiger partial charge >= 0.3 is 0 Å². The lowest BCUT2D eigenvalue weighted by Gasteiger charge is -2.08. The number of aryl methyl sites for hydroxylation is 2. The van der Waals surface area contributed by atoms with E-state index in [-0.39, 0.29) is 5.56 Å². The SMILES string of the molecule is O=C(CO)Nc1ccc2ncn(CCc3cccc(Cl)c3)c(=O)c2c1. The standard InChI is InChI=1S/C18H16ClN3O3/c19-13-3-1-2-12(8-13)6-7-22-11-20-16-5-4-14(21-17(24)10-23)9-15(16)18(22)25/h1-5,8-9,11,23H,6-7,10H2,(H,21,24). The number of nitrogens with one attached hydrogen (secondary N) is 1. The van der Waals surface area contributed by atoms with E-state index in [1.165, 1.54) is 10.9 Å². The zero-order chi connectivity index (χ0) is 17.8. The van der Waals surface area contributed by atoms with Crippen molar-refractivity contribution in [3.05, 3.63) is 69.7 Å². The lowest BCUT2D eigenvalue weighted by atomic mass is 10.1. The smallest absolute Gasteiger partial charge is 0.261 e. The van der Waals surface area contributed by atoms with Gasteiger partial charge in [-0.05, 0) is 42.3 Å². The number of aliphatic hydroxyl groups is 1. The number of aromatic nitrogens is 2. The molecule has 0 bridgehead atoms. The number of carbonyl (C=O) groups is 1. The highest BCUT2D eigenvalue weighted by Gasteiger charge is 2.07. The summed E-state index contributed by atoms with van der Waals surface area (Å²) in [7, 11) is 0. The van der Waals surface area contributed by atoms with Crippen LogP contribution in [0.5, 0.6) is 0 Å². The van der Waals surface area contributed by atoms with Gasteiger partial charge in [-0.1, -0.05) is 23.7 Å². The maximum Gasteiger partial charge on any atom is 0.261 e. The van der Waals surface area contributed by atoms with Crippen LogP contribution < -0.4 is 10.9 Å². The van der Waals surface area contributed by atoms with Crippen LogP contribution in [0.2, 0.25) is 5.02 Å². The molecule has 7 heteroatoms. The van der Waals surface area contributed by atoms with Crippen molar-refractivity contribution in [1.29, 1.82) is 0 Å². The number of benzene rings is 2. The molecule has 0 spiro atoms. The topological polar surface area (TPSA) is 84.2 Å². The molecule has 0 aliphatic heterocycles. The van der Waals surface area contributed by atoms with Crippen LogP contribution in [0.1, 0.15) is 5.56 Å². The molecule has 6 nitrogen and oxygen atoms in total. The van der Waals surface area contributed by atoms with Crippen LogP contribution in [-0.2, 0) is 17.8 Å². The maximum absolute atomic E-state index is 12.7. The summed E-state index contributed by atoms with van der Waals surface area (Å²) in [6.45, 7) is -0.149. The number of anilines is 1. The minimum Gasteiger partial charge on any atom is -0.387 e. The molecule has 0 saturated heterocycles. The minimum absolute atomic E-state index is 0.188. The molecule has 1 aromatic heterocycles. The number of aliphatic hydroxyl groups excluding tert-OH is 1. The zero-order valence-corrected chi connectivity index (χ0v) is 14.0. The second-order valence-electron chi connectivity index (χ2n) is 5.56. The van der Waals surface area contributed by atoms with E-state index in [9.17, 15) is 9.59 Å². The summed E-state index contributed by atoms with van der Waals surface area (Å²) in [4.78, 5) is 28.2. The fraction of sp³-hybridized carbons (Fsp3) is 0.167. The summed E-state index contributed by atoms with van der Waals surface area (Å²) >= 11 is 5.97. The van der Waals surface area contributed by atoms with Gasteiger partial charge in [-0.2, -0.15) is 0 Å². The van der Waals surface area contributed by atoms with Gasteiger partial charge in [-0.25, -0.2) is 4.98 Å². The Morgan fingerprint density at radius 2 is 2.08 bits per heavy atom. The molecule has 0 unspecified atom stereocenters. The van der Waals surface area contributed by atoms with Crippen molar-refractivity contribution in [3.63, 3.8) is 0 Å². The second-order valence-corrected chi connectivity index (χ2v) is 6.00. The number of nitrogens with zero attached hydrogens (tertiary/aromatic N) is 2. The summed E-state index contributed by atoms with van der Waals surface area (Å²) in [5.74, 6) is -0.537. The molecular weight excluding hydrogens is 342 g/mol. The summed E-state index contributed by atoms with van der Waals surface area (Å²) in [6, 6.07) is 12.3. The molecule has 0 aliphatic carbocycles. The van der Waals surface area contributed by atoms with Crippen molar-refractivity contribution in [2.45, 2.75) is 13.0 Å². The Balaban J connectivity index is 1.87. The first-order valence-electron chi connectivity index (χ1n) is 7.71. The van der Waals surface area contributed by atoms with Crippen LogP contribution in [0, 0.1) is 0 Å². The van der Waals surface area contributed by atoms with Crippen LogP contribution in [-0.4, -0.2) is 27.2 Å². The summed E-state index contributed by atoms with van der Waals surface area (Å²) in [6.07, 6.45) is 2.16. The number of fused-ring (bicyclic) bond motifs is 1. The van der Waals surface area contributed by atoms with E-state index in [0.29, 0.717) is 34.6 Å². The van der Waals surface area contributed by atoms with Crippen molar-refractivity contribution in [2.24, 2.45) is 0 Å². The molecule has 2 aromatic carbocycles. The molecule has 3 aromatic rings. The van der Waals surface area contributed by atoms with Crippen LogP contribution >= 0.6 is 11.6 Å². The lowest BCUT2D eigenvalue weighted by molar-refractivity contribution is -0.118. The highest BCUT2D eigenvalue weighted by Crippen LogP contribution is 2.15. The summed E-state index contributed by atoms with van der Waals surface area (Å²) in [5.41, 5.74) is 1.83. The molecule has 0 atom stereocenters. The van der Waals surface area contributed by atoms with Crippen molar-refractivity contribution in [2.75, 3.05) is 11.9 Å². The maximum atomic E-state index is 12.7. The van der Waals surface area contributed by atoms with E-state index >= 15 is 0 Å². The number of carbonyl (C=O) groups excluding carboxylic acids is 1. The third-order valence-electron chi connectivity index (χ3n) is 3.78. The highest BCUT2D eigenvalue weighted by atomic mass is 35.5. The van der Waals surface area contributed by atoms with Crippen molar-refractivity contribution >= 4 is 34.1 Å². The molecule has 1 amide bonds. The zero-order valence-electron chi connectivity index (χ0n) is 13.3. The van der Waals surface area contributed by atoms with Gasteiger partial charge in [0, 0.05) is 17.3 Å². The van der Waals surface area contributed by atoms with Gasteiger partial charge < -0.3 is 10.4 Å². The molecule has 128 valence electrons. The predicted octanol–water partition coefficient (Wildman–Crippen LogP) is 2.22. The van der Waals surface area contributed by atoms with E-state index in [1.807, 2.05) is 18.2 Å². The Morgan fingerprint density at radius 3 is 2.84 bits per heavy atom. The number of halogens is 1. The Labute approximate surface area is 148 Å². The quantitative estimate of drug-likeness (QED) is 0.733. The van der Waals surface area contributed by atoms with Gasteiger partial charge in [0.1, 0.15) is 6.61 Å². The van der Waals surface area contributed by atoms with Crippen LogP contribution in [0.3, 0.4) is 0 Å². The molecular formula is C18H16ClN3O3. The van der Waals surface area contributed by atoms with E-state index < -0.39 is 12.5 Å². The van der Waals surface area contributed by atoms with Gasteiger partial charge in [0.05, 0.1) is 17.2 Å². The average molecular weight is 358 g/mol. The Bertz CT molecular complexity index is 985. The fourth-order valence-corrected chi connectivity index (χ4v) is 2.75. The summed E-state index contributed by atoms with van der Waals surface area (Å²) in [5, 5.41) is 12.4. The number of rotatable bonds is 5. The third-order valence-corrected chi connectivity index (χ3v) is 4.02. The van der Waals surface area contributed by atoms with Gasteiger partial charge in [-0.3, -0.25) is 14.2 Å². The Hall–Kier alpha value is -2.70. The van der Waals surface area contributed by atoms with E-state index in [0.717, 1.165) is 5.56 Å². The molecule has 25 heavy (non-hydrogen) atoms. The lowest BCUT2D eigenvalue weighted by Crippen LogP contribution is -2.22. The molecule has 0 fully saturated rings. The van der Waals surface area contributed by atoms with E-state index in [1.54, 1.807) is 24.3 Å². The number of hydrogen-bond acceptors (Lipinski definition) is 4. The molecule has 0 saturated carbocycles. The van der Waals surface area contributed by atoms with Crippen molar-refractivity contribution < 1.29 is 9.90 Å². The van der Waals surface area contributed by atoms with Gasteiger partial charge in [0.25, 0.3) is 5.56 Å². The molecule has 0 radical (unpaired) electrons. The molecule has 2 N–H and O–H groups in total. The third kappa shape index (κ3) is 4.04. The minimum atomic E-state index is -0.616. The monoisotopic (exact) mass is 357 g/mol. The van der Waals surface area contributed by atoms with Crippen molar-refractivity contribution in [3.8, 4) is 0 Å². The first kappa shape index (κ1) is 17.1. The first-order chi connectivity index (χ1) is 12.1. The number of amides is 1. The van der Waals surface area contributed by atoms with Gasteiger partial charge in [-0.15, -0.1) is 0 Å². The normalized spacial score (nSPS) is 10.8. The Morgan fingerprint density at radius 1 is 1.24 bits per heavy atom. The second kappa shape index (κ2) is 7.46. The van der Waals surface area contributed by atoms with E-state index in [2.05, 4.69) is 10.3 Å². The van der Waals surface area contributed by atoms with Crippen molar-refractivity contribution in [1.82, 2.24) is 9.55 Å². The molecule has 3 rings (SSSR count). The van der Waals surface area contributed by atoms with Crippen LogP contribution in [0.25, 0.3) is 10.9 Å². The predicted molar refractivity (Wildman–Crippen MR) is 96.9 cm³/mol.